The maximum Gasteiger partial charge on any atom is 0.274 e. The summed E-state index contributed by atoms with van der Waals surface area (Å²) in [5.41, 5.74) is 7.32. The van der Waals surface area contributed by atoms with Gasteiger partial charge in [-0.2, -0.15) is 0 Å². The fourth-order valence-electron chi connectivity index (χ4n) is 3.56. The second-order valence-corrected chi connectivity index (χ2v) is 6.80. The van der Waals surface area contributed by atoms with Gasteiger partial charge >= 0.3 is 0 Å². The predicted octanol–water partition coefficient (Wildman–Crippen LogP) is 2.03. The summed E-state index contributed by atoms with van der Waals surface area (Å²) in [4.78, 5) is 35.1. The number of carbonyl (C=O) groups excluding carboxylic acids is 2. The number of ether oxygens (including phenoxy) is 1. The number of nitrogens with two attached hydrogens (primary N) is 1. The average molecular weight is 391 g/mol. The van der Waals surface area contributed by atoms with Crippen LogP contribution in [0.1, 0.15) is 23.3 Å². The van der Waals surface area contributed by atoms with E-state index in [4.69, 9.17) is 10.5 Å². The summed E-state index contributed by atoms with van der Waals surface area (Å²) in [7, 11) is 1.55. The molecule has 2 amide bonds. The lowest BCUT2D eigenvalue weighted by atomic mass is 10.2. The fraction of sp³-hybridized carbons (Fsp3) is 0.238. The predicted molar refractivity (Wildman–Crippen MR) is 107 cm³/mol. The topological polar surface area (TPSA) is 103 Å². The smallest absolute Gasteiger partial charge is 0.274 e. The van der Waals surface area contributed by atoms with Gasteiger partial charge < -0.3 is 15.4 Å². The van der Waals surface area contributed by atoms with Gasteiger partial charge in [0, 0.05) is 36.3 Å². The molecule has 8 heteroatoms. The van der Waals surface area contributed by atoms with E-state index >= 15 is 0 Å². The van der Waals surface area contributed by atoms with E-state index < -0.39 is 11.9 Å². The standard InChI is InChI=1S/C21H21N5O3/c1-29-18-10-9-14(12-23-18)20-24-16(13-26(20)15-6-3-2-4-7-15)21(28)25-11-5-8-17(25)19(22)27/h2-4,6-7,9-10,12-13,17H,5,8,11H2,1H3,(H2,22,27)/t17-/m0/s1. The number of para-hydroxylation sites is 1. The maximum absolute atomic E-state index is 13.1. The van der Waals surface area contributed by atoms with Gasteiger partial charge in [0.15, 0.2) is 0 Å². The van der Waals surface area contributed by atoms with Crippen LogP contribution in [0.2, 0.25) is 0 Å². The van der Waals surface area contributed by atoms with E-state index in [0.29, 0.717) is 24.7 Å². The minimum absolute atomic E-state index is 0.257. The Morgan fingerprint density at radius 3 is 2.62 bits per heavy atom. The van der Waals surface area contributed by atoms with Crippen molar-refractivity contribution in [3.63, 3.8) is 0 Å². The van der Waals surface area contributed by atoms with Crippen LogP contribution in [0.15, 0.2) is 54.9 Å². The van der Waals surface area contributed by atoms with Gasteiger partial charge in [0.2, 0.25) is 11.8 Å². The van der Waals surface area contributed by atoms with Gasteiger partial charge in [-0.15, -0.1) is 0 Å². The first-order valence-electron chi connectivity index (χ1n) is 9.34. The van der Waals surface area contributed by atoms with Crippen molar-refractivity contribution < 1.29 is 14.3 Å². The molecule has 1 fully saturated rings. The van der Waals surface area contributed by atoms with Gasteiger partial charge in [0.1, 0.15) is 17.6 Å². The number of likely N-dealkylation sites (tertiary alicyclic amines) is 1. The van der Waals surface area contributed by atoms with Crippen LogP contribution in [0.3, 0.4) is 0 Å². The van der Waals surface area contributed by atoms with E-state index in [9.17, 15) is 9.59 Å². The minimum atomic E-state index is -0.588. The molecule has 1 aliphatic rings. The zero-order valence-electron chi connectivity index (χ0n) is 16.0. The molecular weight excluding hydrogens is 370 g/mol. The summed E-state index contributed by atoms with van der Waals surface area (Å²) in [5.74, 6) is 0.274. The van der Waals surface area contributed by atoms with Gasteiger partial charge in [0.05, 0.1) is 7.11 Å². The number of hydrogen-bond acceptors (Lipinski definition) is 5. The maximum atomic E-state index is 13.1. The molecule has 0 radical (unpaired) electrons. The van der Waals surface area contributed by atoms with Crippen molar-refractivity contribution in [3.05, 3.63) is 60.6 Å². The molecule has 1 aromatic carbocycles. The third kappa shape index (κ3) is 3.56. The Morgan fingerprint density at radius 2 is 1.97 bits per heavy atom. The molecule has 3 aromatic rings. The number of benzene rings is 1. The number of aromatic nitrogens is 3. The van der Waals surface area contributed by atoms with Crippen LogP contribution < -0.4 is 10.5 Å². The normalized spacial score (nSPS) is 16.0. The molecule has 8 nitrogen and oxygen atoms in total. The number of rotatable bonds is 5. The van der Waals surface area contributed by atoms with Crippen LogP contribution in [-0.4, -0.2) is 50.9 Å². The number of nitrogens with zero attached hydrogens (tertiary/aromatic N) is 4. The van der Waals surface area contributed by atoms with E-state index in [-0.39, 0.29) is 11.6 Å². The van der Waals surface area contributed by atoms with E-state index in [2.05, 4.69) is 9.97 Å². The highest BCUT2D eigenvalue weighted by Gasteiger charge is 2.34. The Bertz CT molecular complexity index is 1030. The Labute approximate surface area is 167 Å². The molecular formula is C21H21N5O3. The summed E-state index contributed by atoms with van der Waals surface area (Å²) < 4.78 is 6.96. The number of imidazole rings is 1. The van der Waals surface area contributed by atoms with Crippen molar-refractivity contribution in [2.45, 2.75) is 18.9 Å². The molecule has 1 saturated heterocycles. The minimum Gasteiger partial charge on any atom is -0.481 e. The molecule has 29 heavy (non-hydrogen) atoms. The van der Waals surface area contributed by atoms with Gasteiger partial charge in [-0.05, 0) is 31.0 Å². The Kier molecular flexibility index (Phi) is 4.99. The third-order valence-corrected chi connectivity index (χ3v) is 5.01. The molecule has 1 aliphatic heterocycles. The molecule has 0 unspecified atom stereocenters. The Hall–Kier alpha value is -3.68. The molecule has 0 saturated carbocycles. The van der Waals surface area contributed by atoms with Gasteiger partial charge in [-0.25, -0.2) is 9.97 Å². The summed E-state index contributed by atoms with van der Waals surface area (Å²) in [5, 5.41) is 0. The van der Waals surface area contributed by atoms with E-state index in [0.717, 1.165) is 17.7 Å². The summed E-state index contributed by atoms with van der Waals surface area (Å²) in [6.07, 6.45) is 4.66. The summed E-state index contributed by atoms with van der Waals surface area (Å²) in [6.45, 7) is 0.490. The van der Waals surface area contributed by atoms with Crippen molar-refractivity contribution in [1.29, 1.82) is 0 Å². The SMILES string of the molecule is COc1ccc(-c2nc(C(=O)N3CCC[C@H]3C(N)=O)cn2-c2ccccc2)cn1. The number of amides is 2. The second-order valence-electron chi connectivity index (χ2n) is 6.80. The number of pyridine rings is 1. The third-order valence-electron chi connectivity index (χ3n) is 5.01. The van der Waals surface area contributed by atoms with Gasteiger partial charge in [-0.1, -0.05) is 18.2 Å². The fourth-order valence-corrected chi connectivity index (χ4v) is 3.56. The van der Waals surface area contributed by atoms with Crippen LogP contribution >= 0.6 is 0 Å². The first-order valence-corrected chi connectivity index (χ1v) is 9.34. The highest BCUT2D eigenvalue weighted by molar-refractivity contribution is 5.96. The molecule has 0 aliphatic carbocycles. The van der Waals surface area contributed by atoms with Crippen LogP contribution in [0.4, 0.5) is 0 Å². The Morgan fingerprint density at radius 1 is 1.17 bits per heavy atom. The molecule has 2 aromatic heterocycles. The van der Waals surface area contributed by atoms with Crippen molar-refractivity contribution in [2.24, 2.45) is 5.73 Å². The molecule has 3 heterocycles. The highest BCUT2D eigenvalue weighted by Crippen LogP contribution is 2.26. The van der Waals surface area contributed by atoms with E-state index in [1.165, 1.54) is 4.90 Å². The van der Waals surface area contributed by atoms with E-state index in [1.807, 2.05) is 41.0 Å². The summed E-state index contributed by atoms with van der Waals surface area (Å²) >= 11 is 0. The average Bonchev–Trinajstić information content (AvgIpc) is 3.42. The zero-order valence-corrected chi connectivity index (χ0v) is 16.0. The molecule has 2 N–H and O–H groups in total. The van der Waals surface area contributed by atoms with Crippen molar-refractivity contribution in [2.75, 3.05) is 13.7 Å². The molecule has 0 bridgehead atoms. The zero-order chi connectivity index (χ0) is 20.4. The first-order chi connectivity index (χ1) is 14.1. The van der Waals surface area contributed by atoms with Crippen LogP contribution in [-0.2, 0) is 4.79 Å². The number of hydrogen-bond donors (Lipinski definition) is 1. The number of primary amides is 1. The van der Waals surface area contributed by atoms with E-state index in [1.54, 1.807) is 25.6 Å². The van der Waals surface area contributed by atoms with Gasteiger partial charge in [0.25, 0.3) is 5.91 Å². The molecule has 0 spiro atoms. The Balaban J connectivity index is 1.77. The quantitative estimate of drug-likeness (QED) is 0.717. The van der Waals surface area contributed by atoms with Crippen LogP contribution in [0.5, 0.6) is 5.88 Å². The lowest BCUT2D eigenvalue weighted by Crippen LogP contribution is -2.43. The molecule has 1 atom stereocenters. The summed E-state index contributed by atoms with van der Waals surface area (Å²) in [6, 6.07) is 12.6. The largest absolute Gasteiger partial charge is 0.481 e. The molecule has 4 rings (SSSR count). The lowest BCUT2D eigenvalue weighted by Gasteiger charge is -2.20. The second kappa shape index (κ2) is 7.75. The first kappa shape index (κ1) is 18.7. The monoisotopic (exact) mass is 391 g/mol. The number of carbonyl (C=O) groups is 2. The van der Waals surface area contributed by atoms with Crippen molar-refractivity contribution in [3.8, 4) is 23.0 Å². The lowest BCUT2D eigenvalue weighted by molar-refractivity contribution is -0.121. The molecule has 148 valence electrons. The number of methoxy groups -OCH3 is 1. The van der Waals surface area contributed by atoms with Crippen LogP contribution in [0, 0.1) is 0 Å². The van der Waals surface area contributed by atoms with Crippen molar-refractivity contribution in [1.82, 2.24) is 19.4 Å². The van der Waals surface area contributed by atoms with Crippen molar-refractivity contribution >= 4 is 11.8 Å². The highest BCUT2D eigenvalue weighted by atomic mass is 16.5. The van der Waals surface area contributed by atoms with Crippen LogP contribution in [0.25, 0.3) is 17.1 Å². The van der Waals surface area contributed by atoms with Gasteiger partial charge in [-0.3, -0.25) is 14.2 Å².